The third kappa shape index (κ3) is 4.76. The van der Waals surface area contributed by atoms with Gasteiger partial charge < -0.3 is 15.2 Å². The molecule has 1 aliphatic rings. The van der Waals surface area contributed by atoms with Gasteiger partial charge in [0.2, 0.25) is 0 Å². The Balaban J connectivity index is 1.92. The van der Waals surface area contributed by atoms with Crippen molar-refractivity contribution < 1.29 is 9.47 Å². The minimum Gasteiger partial charge on any atom is -0.491 e. The summed E-state index contributed by atoms with van der Waals surface area (Å²) in [5, 5.41) is 0. The maximum Gasteiger partial charge on any atom is 0.119 e. The van der Waals surface area contributed by atoms with Crippen LogP contribution in [0.4, 0.5) is 0 Å². The second-order valence-corrected chi connectivity index (χ2v) is 6.28. The van der Waals surface area contributed by atoms with Crippen LogP contribution in [0, 0.1) is 0 Å². The molecule has 1 aromatic carbocycles. The molecular weight excluding hydrogens is 318 g/mol. The molecule has 1 saturated heterocycles. The molecule has 1 aromatic rings. The number of rotatable bonds is 6. The fraction of sp³-hybridized carbons (Fsp3) is 0.625. The van der Waals surface area contributed by atoms with Crippen LogP contribution in [0.5, 0.6) is 5.75 Å². The fourth-order valence-electron chi connectivity index (χ4n) is 2.35. The lowest BCUT2D eigenvalue weighted by molar-refractivity contribution is -0.0110. The van der Waals surface area contributed by atoms with Gasteiger partial charge in [0.1, 0.15) is 12.4 Å². The van der Waals surface area contributed by atoms with E-state index in [0.29, 0.717) is 6.61 Å². The summed E-state index contributed by atoms with van der Waals surface area (Å²) in [6.45, 7) is 3.62. The summed E-state index contributed by atoms with van der Waals surface area (Å²) in [5.41, 5.74) is 7.24. The Morgan fingerprint density at radius 2 is 2.30 bits per heavy atom. The highest BCUT2D eigenvalue weighted by Crippen LogP contribution is 2.25. The van der Waals surface area contributed by atoms with Crippen molar-refractivity contribution in [1.82, 2.24) is 0 Å². The normalized spacial score (nSPS) is 20.6. The van der Waals surface area contributed by atoms with Gasteiger partial charge in [0, 0.05) is 17.1 Å². The Kier molecular flexibility index (Phi) is 6.33. The molecule has 2 rings (SSSR count). The van der Waals surface area contributed by atoms with E-state index in [9.17, 15) is 0 Å². The highest BCUT2D eigenvalue weighted by molar-refractivity contribution is 9.10. The van der Waals surface area contributed by atoms with Gasteiger partial charge in [-0.15, -0.1) is 0 Å². The first-order valence-corrected chi connectivity index (χ1v) is 8.26. The Hall–Kier alpha value is -0.580. The molecule has 2 N–H and O–H groups in total. The molecule has 0 aliphatic carbocycles. The van der Waals surface area contributed by atoms with Crippen LogP contribution >= 0.6 is 15.9 Å². The highest BCUT2D eigenvalue weighted by Gasteiger charge is 2.15. The first-order chi connectivity index (χ1) is 9.69. The minimum absolute atomic E-state index is 0.197. The standard InChI is InChI=1S/C16H24BrNO2/c1-2-13(18)9-12-10-14(6-7-16(12)17)20-11-15-5-3-4-8-19-15/h6-7,10,13,15H,2-5,8-9,11,18H2,1H3. The average molecular weight is 342 g/mol. The maximum absolute atomic E-state index is 6.03. The van der Waals surface area contributed by atoms with Crippen molar-refractivity contribution in [2.45, 2.75) is 51.2 Å². The molecule has 0 aromatic heterocycles. The van der Waals surface area contributed by atoms with Crippen molar-refractivity contribution in [2.24, 2.45) is 5.73 Å². The molecule has 0 radical (unpaired) electrons. The predicted octanol–water partition coefficient (Wildman–Crippen LogP) is 3.68. The lowest BCUT2D eigenvalue weighted by Gasteiger charge is -2.22. The zero-order valence-electron chi connectivity index (χ0n) is 12.1. The van der Waals surface area contributed by atoms with Gasteiger partial charge in [0.05, 0.1) is 6.10 Å². The van der Waals surface area contributed by atoms with Crippen LogP contribution in [0.1, 0.15) is 38.2 Å². The van der Waals surface area contributed by atoms with E-state index < -0.39 is 0 Å². The first-order valence-electron chi connectivity index (χ1n) is 7.47. The number of benzene rings is 1. The maximum atomic E-state index is 6.03. The molecule has 3 nitrogen and oxygen atoms in total. The van der Waals surface area contributed by atoms with Gasteiger partial charge in [-0.25, -0.2) is 0 Å². The van der Waals surface area contributed by atoms with Crippen molar-refractivity contribution in [3.8, 4) is 5.75 Å². The van der Waals surface area contributed by atoms with Crippen molar-refractivity contribution in [2.75, 3.05) is 13.2 Å². The number of halogens is 1. The molecule has 2 unspecified atom stereocenters. The zero-order chi connectivity index (χ0) is 14.4. The molecular formula is C16H24BrNO2. The van der Waals surface area contributed by atoms with Crippen molar-refractivity contribution in [1.29, 1.82) is 0 Å². The fourth-order valence-corrected chi connectivity index (χ4v) is 2.76. The van der Waals surface area contributed by atoms with Gasteiger partial charge in [0.25, 0.3) is 0 Å². The molecule has 1 heterocycles. The molecule has 112 valence electrons. The number of nitrogens with two attached hydrogens (primary N) is 1. The molecule has 2 atom stereocenters. The summed E-state index contributed by atoms with van der Waals surface area (Å²) >= 11 is 3.58. The summed E-state index contributed by atoms with van der Waals surface area (Å²) in [6.07, 6.45) is 5.61. The second-order valence-electron chi connectivity index (χ2n) is 5.43. The molecule has 0 spiro atoms. The summed E-state index contributed by atoms with van der Waals surface area (Å²) in [5.74, 6) is 0.903. The molecule has 1 aliphatic heterocycles. The predicted molar refractivity (Wildman–Crippen MR) is 85.2 cm³/mol. The second kappa shape index (κ2) is 8.01. The van der Waals surface area contributed by atoms with Crippen LogP contribution in [0.15, 0.2) is 22.7 Å². The first kappa shape index (κ1) is 15.8. The average Bonchev–Trinajstić information content (AvgIpc) is 2.49. The lowest BCUT2D eigenvalue weighted by atomic mass is 10.0. The molecule has 0 bridgehead atoms. The van der Waals surface area contributed by atoms with Crippen molar-refractivity contribution in [3.63, 3.8) is 0 Å². The summed E-state index contributed by atoms with van der Waals surface area (Å²) in [6, 6.07) is 6.31. The summed E-state index contributed by atoms with van der Waals surface area (Å²) in [7, 11) is 0. The van der Waals surface area contributed by atoms with Crippen LogP contribution in [0.25, 0.3) is 0 Å². The summed E-state index contributed by atoms with van der Waals surface area (Å²) in [4.78, 5) is 0. The van der Waals surface area contributed by atoms with E-state index in [1.165, 1.54) is 18.4 Å². The number of hydrogen-bond donors (Lipinski definition) is 1. The molecule has 20 heavy (non-hydrogen) atoms. The van der Waals surface area contributed by atoms with Crippen LogP contribution < -0.4 is 10.5 Å². The van der Waals surface area contributed by atoms with Crippen LogP contribution in [0.2, 0.25) is 0 Å². The lowest BCUT2D eigenvalue weighted by Crippen LogP contribution is -2.25. The third-order valence-corrected chi connectivity index (χ3v) is 4.51. The van der Waals surface area contributed by atoms with E-state index in [2.05, 4.69) is 28.9 Å². The van der Waals surface area contributed by atoms with Crippen LogP contribution in [-0.4, -0.2) is 25.4 Å². The Labute approximate surface area is 130 Å². The van der Waals surface area contributed by atoms with E-state index in [1.54, 1.807) is 0 Å². The van der Waals surface area contributed by atoms with Gasteiger partial charge in [-0.2, -0.15) is 0 Å². The quantitative estimate of drug-likeness (QED) is 0.858. The zero-order valence-corrected chi connectivity index (χ0v) is 13.7. The van der Waals surface area contributed by atoms with Gasteiger partial charge in [-0.1, -0.05) is 22.9 Å². The molecule has 1 fully saturated rings. The SMILES string of the molecule is CCC(N)Cc1cc(OCC2CCCCO2)ccc1Br. The number of hydrogen-bond acceptors (Lipinski definition) is 3. The molecule has 0 amide bonds. The Morgan fingerprint density at radius 3 is 3.00 bits per heavy atom. The monoisotopic (exact) mass is 341 g/mol. The minimum atomic E-state index is 0.197. The van der Waals surface area contributed by atoms with Gasteiger partial charge >= 0.3 is 0 Å². The van der Waals surface area contributed by atoms with Gasteiger partial charge in [-0.3, -0.25) is 0 Å². The third-order valence-electron chi connectivity index (χ3n) is 3.73. The van der Waals surface area contributed by atoms with E-state index in [-0.39, 0.29) is 12.1 Å². The molecule has 0 saturated carbocycles. The van der Waals surface area contributed by atoms with Crippen LogP contribution in [0.3, 0.4) is 0 Å². The highest BCUT2D eigenvalue weighted by atomic mass is 79.9. The van der Waals surface area contributed by atoms with E-state index >= 15 is 0 Å². The van der Waals surface area contributed by atoms with Crippen molar-refractivity contribution >= 4 is 15.9 Å². The Morgan fingerprint density at radius 1 is 1.45 bits per heavy atom. The summed E-state index contributed by atoms with van der Waals surface area (Å²) < 4.78 is 12.7. The topological polar surface area (TPSA) is 44.5 Å². The Bertz CT molecular complexity index is 419. The molecule has 4 heteroatoms. The largest absolute Gasteiger partial charge is 0.491 e. The van der Waals surface area contributed by atoms with Crippen LogP contribution in [-0.2, 0) is 11.2 Å². The van der Waals surface area contributed by atoms with Gasteiger partial charge in [-0.05, 0) is 55.9 Å². The van der Waals surface area contributed by atoms with Gasteiger partial charge in [0.15, 0.2) is 0 Å². The number of ether oxygens (including phenoxy) is 2. The van der Waals surface area contributed by atoms with E-state index in [1.807, 2.05) is 12.1 Å². The van der Waals surface area contributed by atoms with E-state index in [0.717, 1.165) is 36.1 Å². The van der Waals surface area contributed by atoms with E-state index in [4.69, 9.17) is 15.2 Å². The smallest absolute Gasteiger partial charge is 0.119 e. The van der Waals surface area contributed by atoms with Crippen molar-refractivity contribution in [3.05, 3.63) is 28.2 Å².